The van der Waals surface area contributed by atoms with Crippen molar-refractivity contribution in [3.8, 4) is 0 Å². The monoisotopic (exact) mass is 623 g/mol. The van der Waals surface area contributed by atoms with E-state index < -0.39 is 60.1 Å². The number of hydrogen-bond donors (Lipinski definition) is 3. The van der Waals surface area contributed by atoms with Crippen LogP contribution in [0.1, 0.15) is 31.4 Å². The van der Waals surface area contributed by atoms with Crippen molar-refractivity contribution < 1.29 is 41.1 Å². The van der Waals surface area contributed by atoms with Crippen LogP contribution < -0.4 is 16.0 Å². The van der Waals surface area contributed by atoms with E-state index in [0.29, 0.717) is 21.2 Å². The van der Waals surface area contributed by atoms with Gasteiger partial charge in [0.2, 0.25) is 17.6 Å². The molecule has 2 aromatic carbocycles. The summed E-state index contributed by atoms with van der Waals surface area (Å²) in [6, 6.07) is 9.83. The summed E-state index contributed by atoms with van der Waals surface area (Å²) in [4.78, 5) is 50.3. The Hall–Kier alpha value is -3.25. The molecule has 41 heavy (non-hydrogen) atoms. The van der Waals surface area contributed by atoms with Gasteiger partial charge < -0.3 is 16.0 Å². The molecule has 3 N–H and O–H groups in total. The molecular weight excluding hydrogens is 596 g/mol. The van der Waals surface area contributed by atoms with Gasteiger partial charge >= 0.3 is 12.1 Å². The van der Waals surface area contributed by atoms with E-state index >= 15 is 0 Å². The van der Waals surface area contributed by atoms with E-state index in [0.717, 1.165) is 5.32 Å². The minimum absolute atomic E-state index is 0.0805. The largest absolute Gasteiger partial charge is 0.405 e. The molecule has 224 valence electrons. The van der Waals surface area contributed by atoms with E-state index in [4.69, 9.17) is 23.2 Å². The van der Waals surface area contributed by atoms with E-state index in [9.17, 15) is 41.1 Å². The first-order valence-corrected chi connectivity index (χ1v) is 13.1. The van der Waals surface area contributed by atoms with Gasteiger partial charge in [-0.1, -0.05) is 67.4 Å². The number of alkyl halides is 5. The van der Waals surface area contributed by atoms with Crippen LogP contribution >= 0.6 is 23.2 Å². The van der Waals surface area contributed by atoms with Crippen LogP contribution in [0.4, 0.5) is 22.0 Å². The number of amides is 3. The zero-order valence-electron chi connectivity index (χ0n) is 22.0. The van der Waals surface area contributed by atoms with Crippen LogP contribution in [0.2, 0.25) is 10.0 Å². The van der Waals surface area contributed by atoms with Crippen LogP contribution in [0.5, 0.6) is 0 Å². The number of Topliss-reactive ketones (excluding diaryl/α,β-unsaturated/α-hetero) is 1. The molecule has 0 aliphatic rings. The summed E-state index contributed by atoms with van der Waals surface area (Å²) < 4.78 is 66.2. The number of carbonyl (C=O) groups excluding carboxylic acids is 4. The number of aryl methyl sites for hydroxylation is 1. The lowest BCUT2D eigenvalue weighted by Gasteiger charge is -2.27. The first-order chi connectivity index (χ1) is 19.0. The fraction of sp³-hybridized carbons (Fsp3) is 0.407. The molecule has 2 rings (SSSR count). The zero-order chi connectivity index (χ0) is 31.0. The van der Waals surface area contributed by atoms with Crippen molar-refractivity contribution >= 4 is 46.7 Å². The first-order valence-electron chi connectivity index (χ1n) is 12.4. The van der Waals surface area contributed by atoms with Crippen LogP contribution in [0.15, 0.2) is 48.5 Å². The molecule has 3 amide bonds. The second-order valence-electron chi connectivity index (χ2n) is 9.55. The molecule has 0 aliphatic heterocycles. The number of carbonyl (C=O) groups is 4. The summed E-state index contributed by atoms with van der Waals surface area (Å²) in [5.41, 5.74) is 1.25. The lowest BCUT2D eigenvalue weighted by Crippen LogP contribution is -2.59. The highest BCUT2D eigenvalue weighted by atomic mass is 35.5. The Morgan fingerprint density at radius 1 is 0.854 bits per heavy atom. The lowest BCUT2D eigenvalue weighted by molar-refractivity contribution is -0.165. The van der Waals surface area contributed by atoms with Gasteiger partial charge in [-0.2, -0.15) is 22.0 Å². The molecule has 0 aromatic heterocycles. The highest BCUT2D eigenvalue weighted by Gasteiger charge is 2.52. The van der Waals surface area contributed by atoms with Crippen molar-refractivity contribution in [2.75, 3.05) is 6.54 Å². The van der Waals surface area contributed by atoms with Gasteiger partial charge in [-0.05, 0) is 41.7 Å². The minimum Gasteiger partial charge on any atom is -0.344 e. The van der Waals surface area contributed by atoms with Crippen LogP contribution in [0.3, 0.4) is 0 Å². The van der Waals surface area contributed by atoms with E-state index in [2.05, 4.69) is 10.6 Å². The average molecular weight is 624 g/mol. The highest BCUT2D eigenvalue weighted by Crippen LogP contribution is 2.23. The third-order valence-electron chi connectivity index (χ3n) is 5.79. The van der Waals surface area contributed by atoms with Gasteiger partial charge in [0.05, 0.1) is 6.04 Å². The Labute approximate surface area is 243 Å². The Morgan fingerprint density at radius 2 is 1.44 bits per heavy atom. The smallest absolute Gasteiger partial charge is 0.344 e. The number of halogens is 7. The molecule has 0 heterocycles. The Balaban J connectivity index is 2.20. The predicted octanol–water partition coefficient (Wildman–Crippen LogP) is 4.68. The van der Waals surface area contributed by atoms with E-state index in [1.165, 1.54) is 19.9 Å². The number of rotatable bonds is 13. The topological polar surface area (TPSA) is 104 Å². The summed E-state index contributed by atoms with van der Waals surface area (Å²) >= 11 is 12.0. The summed E-state index contributed by atoms with van der Waals surface area (Å²) in [5.74, 6) is -12.0. The molecule has 0 spiro atoms. The molecule has 2 unspecified atom stereocenters. The number of benzene rings is 2. The molecular formula is C27H28Cl2F5N3O4. The van der Waals surface area contributed by atoms with Crippen molar-refractivity contribution in [2.24, 2.45) is 5.92 Å². The average Bonchev–Trinajstić information content (AvgIpc) is 2.87. The fourth-order valence-corrected chi connectivity index (χ4v) is 4.30. The predicted molar refractivity (Wildman–Crippen MR) is 143 cm³/mol. The molecule has 2 atom stereocenters. The van der Waals surface area contributed by atoms with Gasteiger partial charge in [0.25, 0.3) is 5.91 Å². The summed E-state index contributed by atoms with van der Waals surface area (Å²) in [5, 5.41) is 6.38. The number of ketones is 1. The first kappa shape index (κ1) is 34.0. The molecule has 0 saturated heterocycles. The van der Waals surface area contributed by atoms with Crippen molar-refractivity contribution in [1.82, 2.24) is 16.0 Å². The maximum absolute atomic E-state index is 14.6. The summed E-state index contributed by atoms with van der Waals surface area (Å²) in [6.45, 7) is 0.529. The number of nitrogens with one attached hydrogen (secondary N) is 3. The zero-order valence-corrected chi connectivity index (χ0v) is 23.5. The maximum Gasteiger partial charge on any atom is 0.405 e. The molecule has 0 bridgehead atoms. The summed E-state index contributed by atoms with van der Waals surface area (Å²) in [6.07, 6.45) is -4.96. The van der Waals surface area contributed by atoms with Gasteiger partial charge in [-0.15, -0.1) is 0 Å². The third kappa shape index (κ3) is 10.9. The van der Waals surface area contributed by atoms with Gasteiger partial charge in [0.1, 0.15) is 12.6 Å². The minimum atomic E-state index is -4.98. The lowest BCUT2D eigenvalue weighted by atomic mass is 9.94. The highest BCUT2D eigenvalue weighted by molar-refractivity contribution is 6.34. The normalized spacial score (nSPS) is 13.3. The van der Waals surface area contributed by atoms with Gasteiger partial charge in [0.15, 0.2) is 0 Å². The number of hydrogen-bond acceptors (Lipinski definition) is 4. The fourth-order valence-electron chi connectivity index (χ4n) is 3.73. The van der Waals surface area contributed by atoms with Crippen LogP contribution in [-0.4, -0.2) is 54.2 Å². The van der Waals surface area contributed by atoms with Crippen LogP contribution in [-0.2, 0) is 32.0 Å². The maximum atomic E-state index is 14.6. The van der Waals surface area contributed by atoms with Crippen molar-refractivity contribution in [1.29, 1.82) is 0 Å². The Morgan fingerprint density at radius 3 is 1.98 bits per heavy atom. The molecule has 0 radical (unpaired) electrons. The molecule has 0 aliphatic carbocycles. The Kier molecular flexibility index (Phi) is 12.1. The molecule has 0 saturated carbocycles. The summed E-state index contributed by atoms with van der Waals surface area (Å²) in [7, 11) is 0. The second-order valence-corrected chi connectivity index (χ2v) is 10.4. The van der Waals surface area contributed by atoms with Crippen molar-refractivity contribution in [2.45, 2.75) is 57.3 Å². The Bertz CT molecular complexity index is 1220. The second kappa shape index (κ2) is 14.6. The van der Waals surface area contributed by atoms with Gasteiger partial charge in [0, 0.05) is 22.9 Å². The SMILES string of the molecule is CC(C)C(NC(=O)C(Cc1ccccc1)NC(=O)CCc1cc(Cl)cc(Cl)c1)C(=O)C(F)(F)C(=O)NCC(F)(F)F. The molecule has 7 nitrogen and oxygen atoms in total. The molecule has 14 heteroatoms. The quantitative estimate of drug-likeness (QED) is 0.223. The van der Waals surface area contributed by atoms with E-state index in [-0.39, 0.29) is 19.3 Å². The standard InChI is InChI=1S/C27H28Cl2F5N3O4/c1-15(2)22(23(39)27(33,34)25(41)35-14-26(30,31)32)37-24(40)20(12-16-6-4-3-5-7-16)36-21(38)9-8-17-10-18(28)13-19(29)11-17/h3-7,10-11,13,15,20,22H,8-9,12,14H2,1-2H3,(H,35,41)(H,36,38)(H,37,40). The molecule has 2 aromatic rings. The molecule has 0 fully saturated rings. The van der Waals surface area contributed by atoms with Crippen LogP contribution in [0, 0.1) is 5.92 Å². The van der Waals surface area contributed by atoms with Crippen molar-refractivity contribution in [3.05, 3.63) is 69.7 Å². The van der Waals surface area contributed by atoms with E-state index in [1.807, 2.05) is 0 Å². The van der Waals surface area contributed by atoms with Crippen LogP contribution in [0.25, 0.3) is 0 Å². The third-order valence-corrected chi connectivity index (χ3v) is 6.22. The van der Waals surface area contributed by atoms with Gasteiger partial charge in [-0.25, -0.2) is 0 Å². The van der Waals surface area contributed by atoms with Crippen molar-refractivity contribution in [3.63, 3.8) is 0 Å². The van der Waals surface area contributed by atoms with Gasteiger partial charge in [-0.3, -0.25) is 19.2 Å². The van der Waals surface area contributed by atoms with E-state index in [1.54, 1.807) is 42.5 Å².